The fourth-order valence-corrected chi connectivity index (χ4v) is 4.84. The predicted molar refractivity (Wildman–Crippen MR) is 110 cm³/mol. The normalized spacial score (nSPS) is 21.0. The maximum atomic E-state index is 14.3. The van der Waals surface area contributed by atoms with Gasteiger partial charge in [-0.25, -0.2) is 18.3 Å². The third-order valence-electron chi connectivity index (χ3n) is 5.43. The van der Waals surface area contributed by atoms with E-state index >= 15 is 0 Å². The highest BCUT2D eigenvalue weighted by molar-refractivity contribution is 7.14. The number of hydrogen-bond donors (Lipinski definition) is 2. The first-order chi connectivity index (χ1) is 14.3. The molecule has 4 rings (SSSR count). The number of fused-ring (bicyclic) bond motifs is 1. The molecule has 3 heterocycles. The number of halogens is 2. The zero-order chi connectivity index (χ0) is 21.5. The molecule has 1 aliphatic carbocycles. The lowest BCUT2D eigenvalue weighted by Crippen LogP contribution is -2.59. The Kier molecular flexibility index (Phi) is 5.46. The second-order valence-corrected chi connectivity index (χ2v) is 8.53. The molecule has 0 aromatic carbocycles. The molecule has 1 amide bonds. The molecule has 1 fully saturated rings. The summed E-state index contributed by atoms with van der Waals surface area (Å²) in [5.74, 6) is -2.97. The zero-order valence-electron chi connectivity index (χ0n) is 16.7. The van der Waals surface area contributed by atoms with Crippen molar-refractivity contribution in [3.8, 4) is 16.9 Å². The molecule has 2 atom stereocenters. The van der Waals surface area contributed by atoms with Gasteiger partial charge in [0.25, 0.3) is 11.8 Å². The van der Waals surface area contributed by atoms with Gasteiger partial charge in [0.05, 0.1) is 30.6 Å². The van der Waals surface area contributed by atoms with E-state index in [9.17, 15) is 13.6 Å². The molecule has 0 bridgehead atoms. The Hall–Kier alpha value is -2.59. The van der Waals surface area contributed by atoms with E-state index in [0.717, 1.165) is 16.0 Å². The molecule has 1 saturated carbocycles. The fraction of sp³-hybridized carbons (Fsp3) is 0.450. The molecule has 10 heteroatoms. The summed E-state index contributed by atoms with van der Waals surface area (Å²) in [7, 11) is 1.55. The van der Waals surface area contributed by atoms with Crippen molar-refractivity contribution in [3.63, 3.8) is 0 Å². The molecular weight excluding hydrogens is 412 g/mol. The Morgan fingerprint density at radius 3 is 2.93 bits per heavy atom. The van der Waals surface area contributed by atoms with Crippen LogP contribution in [0.3, 0.4) is 0 Å². The highest BCUT2D eigenvalue weighted by Gasteiger charge is 2.46. The largest absolute Gasteiger partial charge is 0.494 e. The van der Waals surface area contributed by atoms with Crippen molar-refractivity contribution in [2.45, 2.75) is 50.6 Å². The van der Waals surface area contributed by atoms with Crippen molar-refractivity contribution in [2.75, 3.05) is 7.11 Å². The second kappa shape index (κ2) is 7.92. The van der Waals surface area contributed by atoms with Crippen LogP contribution < -0.4 is 15.8 Å². The molecule has 0 radical (unpaired) electrons. The number of aryl methyl sites for hydroxylation is 1. The summed E-state index contributed by atoms with van der Waals surface area (Å²) >= 11 is 1.28. The first-order valence-electron chi connectivity index (χ1n) is 9.78. The number of nitrogens with two attached hydrogens (primary N) is 1. The molecule has 3 N–H and O–H groups in total. The number of nitrogens with one attached hydrogen (secondary N) is 1. The number of carbonyl (C=O) groups excluding carboxylic acids is 1. The monoisotopic (exact) mass is 435 g/mol. The van der Waals surface area contributed by atoms with Gasteiger partial charge in [0, 0.05) is 28.5 Å². The van der Waals surface area contributed by atoms with E-state index in [1.807, 2.05) is 6.92 Å². The number of alkyl halides is 2. The van der Waals surface area contributed by atoms with Crippen LogP contribution >= 0.6 is 11.3 Å². The number of nitrogens with zero attached hydrogens (tertiary/aromatic N) is 3. The quantitative estimate of drug-likeness (QED) is 0.641. The molecule has 30 heavy (non-hydrogen) atoms. The van der Waals surface area contributed by atoms with Crippen molar-refractivity contribution in [1.29, 1.82) is 0 Å². The second-order valence-electron chi connectivity index (χ2n) is 7.39. The number of thiophene rings is 1. The Balaban J connectivity index is 1.65. The summed E-state index contributed by atoms with van der Waals surface area (Å²) < 4.78 is 35.3. The number of hydrogen-bond acceptors (Lipinski definition) is 6. The van der Waals surface area contributed by atoms with Crippen LogP contribution in [-0.4, -0.2) is 45.6 Å². The zero-order valence-corrected chi connectivity index (χ0v) is 17.5. The molecule has 0 aliphatic heterocycles. The van der Waals surface area contributed by atoms with Crippen molar-refractivity contribution >= 4 is 22.9 Å². The Morgan fingerprint density at radius 1 is 1.43 bits per heavy atom. The summed E-state index contributed by atoms with van der Waals surface area (Å²) in [6, 6.07) is -0.407. The number of carbonyl (C=O) groups is 1. The van der Waals surface area contributed by atoms with Gasteiger partial charge in [-0.15, -0.1) is 11.3 Å². The number of amides is 1. The first-order valence-corrected chi connectivity index (χ1v) is 10.6. The predicted octanol–water partition coefficient (Wildman–Crippen LogP) is 3.27. The van der Waals surface area contributed by atoms with Gasteiger partial charge in [-0.05, 0) is 25.3 Å². The van der Waals surface area contributed by atoms with Gasteiger partial charge in [-0.1, -0.05) is 6.92 Å². The van der Waals surface area contributed by atoms with Gasteiger partial charge in [-0.3, -0.25) is 4.79 Å². The van der Waals surface area contributed by atoms with Crippen LogP contribution in [0.2, 0.25) is 0 Å². The summed E-state index contributed by atoms with van der Waals surface area (Å²) in [6.07, 6.45) is 6.22. The standard InChI is InChI=1S/C20H23F2N5O2S/c1-3-15-12(13-9-25-27-10-11(29-2)8-24-18(13)27)7-16(30-15)19(28)26-17-14(23)5-4-6-20(17,21)22/h7-10,14,17H,3-6,23H2,1-2H3,(H,26,28)/t14-,17-/m1/s1. The van der Waals surface area contributed by atoms with Crippen molar-refractivity contribution < 1.29 is 18.3 Å². The van der Waals surface area contributed by atoms with Crippen molar-refractivity contribution in [2.24, 2.45) is 5.73 Å². The maximum absolute atomic E-state index is 14.3. The Morgan fingerprint density at radius 2 is 2.23 bits per heavy atom. The number of rotatable bonds is 5. The van der Waals surface area contributed by atoms with Crippen LogP contribution in [0.25, 0.3) is 16.8 Å². The van der Waals surface area contributed by atoms with Crippen LogP contribution in [0.15, 0.2) is 24.7 Å². The first kappa shape index (κ1) is 20.7. The summed E-state index contributed by atoms with van der Waals surface area (Å²) in [5, 5.41) is 6.80. The Bertz CT molecular complexity index is 1080. The molecule has 1 aliphatic rings. The minimum absolute atomic E-state index is 0.265. The van der Waals surface area contributed by atoms with E-state index in [0.29, 0.717) is 35.5 Å². The van der Waals surface area contributed by atoms with Crippen LogP contribution in [0.5, 0.6) is 5.75 Å². The van der Waals surface area contributed by atoms with Gasteiger partial charge >= 0.3 is 0 Å². The highest BCUT2D eigenvalue weighted by Crippen LogP contribution is 2.36. The van der Waals surface area contributed by atoms with Crippen LogP contribution in [0, 0.1) is 0 Å². The van der Waals surface area contributed by atoms with Gasteiger partial charge in [0.1, 0.15) is 6.04 Å². The average Bonchev–Trinajstić information content (AvgIpc) is 3.33. The van der Waals surface area contributed by atoms with Crippen LogP contribution in [-0.2, 0) is 6.42 Å². The third kappa shape index (κ3) is 3.65. The maximum Gasteiger partial charge on any atom is 0.269 e. The summed E-state index contributed by atoms with van der Waals surface area (Å²) in [5.41, 5.74) is 8.09. The summed E-state index contributed by atoms with van der Waals surface area (Å²) in [6.45, 7) is 1.98. The van der Waals surface area contributed by atoms with Gasteiger partial charge in [0.2, 0.25) is 0 Å². The smallest absolute Gasteiger partial charge is 0.269 e. The summed E-state index contributed by atoms with van der Waals surface area (Å²) in [4.78, 5) is 18.5. The molecule has 3 aromatic heterocycles. The van der Waals surface area contributed by atoms with Crippen molar-refractivity contribution in [3.05, 3.63) is 34.4 Å². The van der Waals surface area contributed by atoms with E-state index in [2.05, 4.69) is 15.4 Å². The fourth-order valence-electron chi connectivity index (χ4n) is 3.82. The third-order valence-corrected chi connectivity index (χ3v) is 6.71. The number of methoxy groups -OCH3 is 1. The molecular formula is C20H23F2N5O2S. The van der Waals surface area contributed by atoms with E-state index in [1.54, 1.807) is 36.3 Å². The van der Waals surface area contributed by atoms with Crippen molar-refractivity contribution in [1.82, 2.24) is 19.9 Å². The lowest BCUT2D eigenvalue weighted by Gasteiger charge is -2.36. The minimum atomic E-state index is -3.01. The Labute approximate surface area is 176 Å². The molecule has 0 spiro atoms. The highest BCUT2D eigenvalue weighted by atomic mass is 32.1. The van der Waals surface area contributed by atoms with E-state index < -0.39 is 23.9 Å². The van der Waals surface area contributed by atoms with E-state index in [1.165, 1.54) is 11.3 Å². The average molecular weight is 436 g/mol. The topological polar surface area (TPSA) is 94.5 Å². The SMILES string of the molecule is CCc1sc(C(=O)N[C@@H]2[C@H](N)CCCC2(F)F)cc1-c1cnn2cc(OC)cnc12. The molecule has 7 nitrogen and oxygen atoms in total. The molecule has 3 aromatic rings. The van der Waals surface area contributed by atoms with Crippen LogP contribution in [0.1, 0.15) is 40.7 Å². The molecule has 0 saturated heterocycles. The van der Waals surface area contributed by atoms with Crippen LogP contribution in [0.4, 0.5) is 8.78 Å². The van der Waals surface area contributed by atoms with Gasteiger partial charge < -0.3 is 15.8 Å². The van der Waals surface area contributed by atoms with Gasteiger partial charge in [0.15, 0.2) is 11.4 Å². The van der Waals surface area contributed by atoms with E-state index in [-0.39, 0.29) is 6.42 Å². The molecule has 160 valence electrons. The lowest BCUT2D eigenvalue weighted by atomic mass is 9.87. The number of aromatic nitrogens is 3. The molecule has 0 unspecified atom stereocenters. The number of ether oxygens (including phenoxy) is 1. The lowest BCUT2D eigenvalue weighted by molar-refractivity contribution is -0.0674. The van der Waals surface area contributed by atoms with Gasteiger partial charge in [-0.2, -0.15) is 5.10 Å². The minimum Gasteiger partial charge on any atom is -0.494 e. The van der Waals surface area contributed by atoms with E-state index in [4.69, 9.17) is 10.5 Å².